The number of nitrogens with zero attached hydrogens (tertiary/aromatic N) is 2. The molecule has 0 saturated heterocycles. The van der Waals surface area contributed by atoms with Gasteiger partial charge < -0.3 is 10.0 Å². The third kappa shape index (κ3) is 3.89. The van der Waals surface area contributed by atoms with E-state index in [1.807, 2.05) is 43.5 Å². The average molecular weight is 304 g/mol. The number of carbonyl (C=O) groups excluding carboxylic acids is 1. The van der Waals surface area contributed by atoms with Crippen LogP contribution in [0.3, 0.4) is 0 Å². The molecule has 0 bridgehead atoms. The van der Waals surface area contributed by atoms with E-state index in [1.165, 1.54) is 0 Å². The molecule has 0 spiro atoms. The molecule has 1 unspecified atom stereocenters. The first kappa shape index (κ1) is 15.7. The lowest BCUT2D eigenvalue weighted by molar-refractivity contribution is -0.131. The fraction of sp³-hybridized carbons (Fsp3) is 0.375. The van der Waals surface area contributed by atoms with Crippen molar-refractivity contribution < 1.29 is 9.90 Å². The molecule has 5 heteroatoms. The van der Waals surface area contributed by atoms with Crippen LogP contribution >= 0.6 is 11.3 Å². The highest BCUT2D eigenvalue weighted by Gasteiger charge is 2.15. The summed E-state index contributed by atoms with van der Waals surface area (Å²) in [4.78, 5) is 18.1. The Morgan fingerprint density at radius 3 is 2.57 bits per heavy atom. The van der Waals surface area contributed by atoms with Gasteiger partial charge in [-0.25, -0.2) is 4.98 Å². The van der Waals surface area contributed by atoms with Crippen molar-refractivity contribution in [3.63, 3.8) is 0 Å². The van der Waals surface area contributed by atoms with E-state index in [-0.39, 0.29) is 18.6 Å². The lowest BCUT2D eigenvalue weighted by Gasteiger charge is -2.23. The number of aliphatic hydroxyl groups is 1. The monoisotopic (exact) mass is 304 g/mol. The summed E-state index contributed by atoms with van der Waals surface area (Å²) < 4.78 is 0. The van der Waals surface area contributed by atoms with E-state index in [0.29, 0.717) is 6.42 Å². The van der Waals surface area contributed by atoms with Gasteiger partial charge in [-0.1, -0.05) is 24.3 Å². The Morgan fingerprint density at radius 1 is 1.38 bits per heavy atom. The van der Waals surface area contributed by atoms with Crippen molar-refractivity contribution in [2.45, 2.75) is 26.3 Å². The van der Waals surface area contributed by atoms with Gasteiger partial charge in [0.05, 0.1) is 29.8 Å². The molecule has 2 aromatic rings. The van der Waals surface area contributed by atoms with Gasteiger partial charge in [-0.05, 0) is 19.4 Å². The SMILES string of the molecule is Cc1nc(-c2ccc(CC(=O)N(C)C(C)CO)cc2)cs1. The van der Waals surface area contributed by atoms with E-state index in [9.17, 15) is 4.79 Å². The van der Waals surface area contributed by atoms with Crippen molar-refractivity contribution in [2.75, 3.05) is 13.7 Å². The summed E-state index contributed by atoms with van der Waals surface area (Å²) in [5.74, 6) is 0.00815. The van der Waals surface area contributed by atoms with Gasteiger partial charge in [0, 0.05) is 18.0 Å². The first-order valence-corrected chi connectivity index (χ1v) is 7.77. The third-order valence-electron chi connectivity index (χ3n) is 3.54. The smallest absolute Gasteiger partial charge is 0.227 e. The molecular formula is C16H20N2O2S. The fourth-order valence-electron chi connectivity index (χ4n) is 1.96. The minimum atomic E-state index is -0.158. The molecule has 1 N–H and O–H groups in total. The number of likely N-dealkylation sites (N-methyl/N-ethyl adjacent to an activating group) is 1. The number of rotatable bonds is 5. The number of carbonyl (C=O) groups is 1. The van der Waals surface area contributed by atoms with E-state index in [1.54, 1.807) is 23.3 Å². The first-order valence-electron chi connectivity index (χ1n) is 6.89. The Kier molecular flexibility index (Phi) is 5.09. The summed E-state index contributed by atoms with van der Waals surface area (Å²) >= 11 is 1.63. The minimum absolute atomic E-state index is 0.00815. The van der Waals surface area contributed by atoms with Crippen molar-refractivity contribution in [3.05, 3.63) is 40.2 Å². The standard InChI is InChI=1S/C16H20N2O2S/c1-11(9-19)18(3)16(20)8-13-4-6-14(7-5-13)15-10-21-12(2)17-15/h4-7,10-11,19H,8-9H2,1-3H3. The number of amides is 1. The maximum Gasteiger partial charge on any atom is 0.227 e. The van der Waals surface area contributed by atoms with Gasteiger partial charge in [-0.3, -0.25) is 4.79 Å². The van der Waals surface area contributed by atoms with Crippen LogP contribution in [0.4, 0.5) is 0 Å². The molecule has 0 aliphatic carbocycles. The van der Waals surface area contributed by atoms with Gasteiger partial charge in [0.1, 0.15) is 0 Å². The fourth-order valence-corrected chi connectivity index (χ4v) is 2.58. The maximum absolute atomic E-state index is 12.1. The van der Waals surface area contributed by atoms with Crippen molar-refractivity contribution in [3.8, 4) is 11.3 Å². The zero-order chi connectivity index (χ0) is 15.4. The van der Waals surface area contributed by atoms with Gasteiger partial charge in [-0.2, -0.15) is 0 Å². The van der Waals surface area contributed by atoms with Crippen LogP contribution in [-0.2, 0) is 11.2 Å². The molecule has 0 fully saturated rings. The Hall–Kier alpha value is -1.72. The van der Waals surface area contributed by atoms with Crippen molar-refractivity contribution in [2.24, 2.45) is 0 Å². The lowest BCUT2D eigenvalue weighted by Crippen LogP contribution is -2.38. The predicted octanol–water partition coefficient (Wildman–Crippen LogP) is 2.50. The molecule has 1 atom stereocenters. The predicted molar refractivity (Wildman–Crippen MR) is 85.3 cm³/mol. The first-order chi connectivity index (χ1) is 10.0. The summed E-state index contributed by atoms with van der Waals surface area (Å²) in [6.45, 7) is 3.79. The highest BCUT2D eigenvalue weighted by Crippen LogP contribution is 2.22. The molecule has 112 valence electrons. The van der Waals surface area contributed by atoms with Crippen molar-refractivity contribution >= 4 is 17.2 Å². The molecule has 0 radical (unpaired) electrons. The van der Waals surface area contributed by atoms with Crippen LogP contribution in [0, 0.1) is 6.92 Å². The molecule has 1 aromatic carbocycles. The van der Waals surface area contributed by atoms with E-state index in [0.717, 1.165) is 21.8 Å². The number of benzene rings is 1. The topological polar surface area (TPSA) is 53.4 Å². The Balaban J connectivity index is 2.04. The van der Waals surface area contributed by atoms with E-state index < -0.39 is 0 Å². The Labute approximate surface area is 129 Å². The second-order valence-corrected chi connectivity index (χ2v) is 6.22. The second kappa shape index (κ2) is 6.83. The molecule has 4 nitrogen and oxygen atoms in total. The molecule has 0 aliphatic rings. The Bertz CT molecular complexity index is 607. The van der Waals surface area contributed by atoms with Gasteiger partial charge in [0.25, 0.3) is 0 Å². The van der Waals surface area contributed by atoms with E-state index in [4.69, 9.17) is 5.11 Å². The van der Waals surface area contributed by atoms with Gasteiger partial charge >= 0.3 is 0 Å². The second-order valence-electron chi connectivity index (χ2n) is 5.16. The van der Waals surface area contributed by atoms with Crippen LogP contribution in [-0.4, -0.2) is 40.6 Å². The minimum Gasteiger partial charge on any atom is -0.394 e. The highest BCUT2D eigenvalue weighted by molar-refractivity contribution is 7.09. The van der Waals surface area contributed by atoms with Crippen LogP contribution in [0.5, 0.6) is 0 Å². The van der Waals surface area contributed by atoms with Crippen LogP contribution in [0.2, 0.25) is 0 Å². The molecule has 1 amide bonds. The zero-order valence-corrected chi connectivity index (χ0v) is 13.4. The summed E-state index contributed by atoms with van der Waals surface area (Å²) in [5.41, 5.74) is 3.00. The number of hydrogen-bond acceptors (Lipinski definition) is 4. The molecule has 0 aliphatic heterocycles. The highest BCUT2D eigenvalue weighted by atomic mass is 32.1. The number of hydrogen-bond donors (Lipinski definition) is 1. The summed E-state index contributed by atoms with van der Waals surface area (Å²) in [7, 11) is 1.72. The van der Waals surface area contributed by atoms with Crippen LogP contribution in [0.15, 0.2) is 29.6 Å². The van der Waals surface area contributed by atoms with Crippen molar-refractivity contribution in [1.82, 2.24) is 9.88 Å². The number of aromatic nitrogens is 1. The average Bonchev–Trinajstić information content (AvgIpc) is 2.93. The van der Waals surface area contributed by atoms with Gasteiger partial charge in [-0.15, -0.1) is 11.3 Å². The van der Waals surface area contributed by atoms with E-state index in [2.05, 4.69) is 4.98 Å². The molecule has 21 heavy (non-hydrogen) atoms. The maximum atomic E-state index is 12.1. The molecule has 1 heterocycles. The van der Waals surface area contributed by atoms with Crippen LogP contribution < -0.4 is 0 Å². The zero-order valence-electron chi connectivity index (χ0n) is 12.5. The van der Waals surface area contributed by atoms with Crippen LogP contribution in [0.1, 0.15) is 17.5 Å². The Morgan fingerprint density at radius 2 is 2.05 bits per heavy atom. The van der Waals surface area contributed by atoms with Gasteiger partial charge in [0.15, 0.2) is 0 Å². The number of thiazole rings is 1. The summed E-state index contributed by atoms with van der Waals surface area (Å²) in [6.07, 6.45) is 0.344. The largest absolute Gasteiger partial charge is 0.394 e. The molecular weight excluding hydrogens is 284 g/mol. The normalized spacial score (nSPS) is 12.2. The third-order valence-corrected chi connectivity index (χ3v) is 4.32. The lowest BCUT2D eigenvalue weighted by atomic mass is 10.1. The number of aliphatic hydroxyl groups excluding tert-OH is 1. The summed E-state index contributed by atoms with van der Waals surface area (Å²) in [6, 6.07) is 7.74. The quantitative estimate of drug-likeness (QED) is 0.923. The van der Waals surface area contributed by atoms with Crippen molar-refractivity contribution in [1.29, 1.82) is 0 Å². The van der Waals surface area contributed by atoms with Gasteiger partial charge in [0.2, 0.25) is 5.91 Å². The summed E-state index contributed by atoms with van der Waals surface area (Å²) in [5, 5.41) is 12.2. The molecule has 1 aromatic heterocycles. The van der Waals surface area contributed by atoms with E-state index >= 15 is 0 Å². The molecule has 2 rings (SSSR count). The number of aryl methyl sites for hydroxylation is 1. The molecule has 0 saturated carbocycles. The van der Waals surface area contributed by atoms with Crippen LogP contribution in [0.25, 0.3) is 11.3 Å².